The van der Waals surface area contributed by atoms with E-state index in [1.165, 1.54) is 13.0 Å². The molecule has 0 aliphatic carbocycles. The van der Waals surface area contributed by atoms with Crippen molar-refractivity contribution in [2.75, 3.05) is 6.61 Å². The molecular formula is C11H15F2NO3. The second kappa shape index (κ2) is 4.83. The maximum Gasteiger partial charge on any atom is 0.379 e. The molecule has 0 spiro atoms. The van der Waals surface area contributed by atoms with E-state index in [-0.39, 0.29) is 12.4 Å². The van der Waals surface area contributed by atoms with Gasteiger partial charge in [0.1, 0.15) is 17.6 Å². The molecule has 0 bridgehead atoms. The van der Waals surface area contributed by atoms with E-state index < -0.39 is 17.9 Å². The van der Waals surface area contributed by atoms with Crippen molar-refractivity contribution in [3.05, 3.63) is 23.2 Å². The summed E-state index contributed by atoms with van der Waals surface area (Å²) in [6.45, 7) is 4.66. The summed E-state index contributed by atoms with van der Waals surface area (Å²) < 4.78 is 36.5. The molecule has 4 nitrogen and oxygen atoms in total. The molecule has 1 heterocycles. The van der Waals surface area contributed by atoms with Crippen molar-refractivity contribution >= 4 is 5.97 Å². The number of hydrogen-bond acceptors (Lipinski definition) is 4. The van der Waals surface area contributed by atoms with Crippen molar-refractivity contribution in [2.24, 2.45) is 5.73 Å². The zero-order valence-electron chi connectivity index (χ0n) is 9.92. The second-order valence-corrected chi connectivity index (χ2v) is 3.71. The highest BCUT2D eigenvalue weighted by molar-refractivity contribution is 5.78. The van der Waals surface area contributed by atoms with Gasteiger partial charge in [-0.2, -0.15) is 8.78 Å². The SMILES string of the molecule is CCOC(=O)C(F)(F)[C@H](N)c1cc(C)c(C)o1. The van der Waals surface area contributed by atoms with Crippen LogP contribution in [-0.4, -0.2) is 18.5 Å². The van der Waals surface area contributed by atoms with Crippen LogP contribution in [0.25, 0.3) is 0 Å². The molecule has 0 aliphatic rings. The number of nitrogens with two attached hydrogens (primary N) is 1. The summed E-state index contributed by atoms with van der Waals surface area (Å²) >= 11 is 0. The molecule has 0 amide bonds. The van der Waals surface area contributed by atoms with Crippen molar-refractivity contribution in [1.82, 2.24) is 0 Å². The Labute approximate surface area is 97.7 Å². The average Bonchev–Trinajstić information content (AvgIpc) is 2.58. The number of alkyl halides is 2. The maximum absolute atomic E-state index is 13.6. The van der Waals surface area contributed by atoms with E-state index in [9.17, 15) is 13.6 Å². The highest BCUT2D eigenvalue weighted by Crippen LogP contribution is 2.32. The standard InChI is InChI=1S/C11H15F2NO3/c1-4-16-10(15)11(12,13)9(14)8-5-6(2)7(3)17-8/h5,9H,4,14H2,1-3H3/t9-/m1/s1. The number of halogens is 2. The fourth-order valence-corrected chi connectivity index (χ4v) is 1.29. The quantitative estimate of drug-likeness (QED) is 0.827. The van der Waals surface area contributed by atoms with Crippen molar-refractivity contribution in [1.29, 1.82) is 0 Å². The van der Waals surface area contributed by atoms with E-state index in [0.717, 1.165) is 0 Å². The van der Waals surface area contributed by atoms with Gasteiger partial charge in [-0.05, 0) is 32.4 Å². The smallest absolute Gasteiger partial charge is 0.379 e. The predicted octanol–water partition coefficient (Wildman–Crippen LogP) is 2.09. The van der Waals surface area contributed by atoms with E-state index >= 15 is 0 Å². The number of ether oxygens (including phenoxy) is 1. The normalized spacial score (nSPS) is 13.5. The topological polar surface area (TPSA) is 65.5 Å². The van der Waals surface area contributed by atoms with Gasteiger partial charge in [0.25, 0.3) is 0 Å². The molecule has 2 N–H and O–H groups in total. The number of esters is 1. The molecule has 1 rings (SSSR count). The van der Waals surface area contributed by atoms with Crippen LogP contribution < -0.4 is 5.73 Å². The zero-order chi connectivity index (χ0) is 13.2. The van der Waals surface area contributed by atoms with Gasteiger partial charge in [0.05, 0.1) is 6.61 Å². The minimum atomic E-state index is -3.80. The van der Waals surface area contributed by atoms with Gasteiger partial charge in [-0.3, -0.25) is 0 Å². The van der Waals surface area contributed by atoms with Crippen LogP contribution in [0.2, 0.25) is 0 Å². The molecule has 0 radical (unpaired) electrons. The molecule has 0 aromatic carbocycles. The summed E-state index contributed by atoms with van der Waals surface area (Å²) in [5, 5.41) is 0. The maximum atomic E-state index is 13.6. The first-order chi connectivity index (χ1) is 7.80. The molecule has 1 aromatic rings. The third-order valence-electron chi connectivity index (χ3n) is 2.43. The molecule has 6 heteroatoms. The summed E-state index contributed by atoms with van der Waals surface area (Å²) in [6, 6.07) is -0.443. The number of hydrogen-bond donors (Lipinski definition) is 1. The van der Waals surface area contributed by atoms with Crippen LogP contribution in [0.5, 0.6) is 0 Å². The van der Waals surface area contributed by atoms with Crippen LogP contribution in [0.1, 0.15) is 30.0 Å². The summed E-state index contributed by atoms with van der Waals surface area (Å²) in [4.78, 5) is 11.1. The first kappa shape index (κ1) is 13.6. The van der Waals surface area contributed by atoms with Crippen LogP contribution >= 0.6 is 0 Å². The zero-order valence-corrected chi connectivity index (χ0v) is 9.92. The molecule has 0 aliphatic heterocycles. The Kier molecular flexibility index (Phi) is 3.87. The Balaban J connectivity index is 2.95. The molecule has 0 saturated heterocycles. The Hall–Kier alpha value is -1.43. The van der Waals surface area contributed by atoms with Crippen molar-refractivity contribution in [2.45, 2.75) is 32.7 Å². The number of aryl methyl sites for hydroxylation is 2. The number of carbonyl (C=O) groups excluding carboxylic acids is 1. The lowest BCUT2D eigenvalue weighted by Gasteiger charge is -2.19. The Morgan fingerprint density at radius 2 is 2.18 bits per heavy atom. The summed E-state index contributed by atoms with van der Waals surface area (Å²) in [6.07, 6.45) is 0. The summed E-state index contributed by atoms with van der Waals surface area (Å²) in [5.74, 6) is -5.07. The number of carbonyl (C=O) groups is 1. The van der Waals surface area contributed by atoms with Gasteiger partial charge in [0, 0.05) is 0 Å². The first-order valence-electron chi connectivity index (χ1n) is 5.18. The van der Waals surface area contributed by atoms with Gasteiger partial charge >= 0.3 is 11.9 Å². The first-order valence-corrected chi connectivity index (χ1v) is 5.18. The largest absolute Gasteiger partial charge is 0.464 e. The Morgan fingerprint density at radius 1 is 1.59 bits per heavy atom. The second-order valence-electron chi connectivity index (χ2n) is 3.71. The van der Waals surface area contributed by atoms with E-state index in [1.807, 2.05) is 0 Å². The lowest BCUT2D eigenvalue weighted by atomic mass is 10.1. The molecule has 96 valence electrons. The molecule has 1 atom stereocenters. The lowest BCUT2D eigenvalue weighted by Crippen LogP contribution is -2.41. The van der Waals surface area contributed by atoms with Gasteiger partial charge in [-0.25, -0.2) is 4.79 Å². The van der Waals surface area contributed by atoms with E-state index in [0.29, 0.717) is 11.3 Å². The van der Waals surface area contributed by atoms with Crippen molar-refractivity contribution in [3.8, 4) is 0 Å². The van der Waals surface area contributed by atoms with Crippen LogP contribution in [-0.2, 0) is 9.53 Å². The van der Waals surface area contributed by atoms with Crippen LogP contribution in [0.15, 0.2) is 10.5 Å². The fraction of sp³-hybridized carbons (Fsp3) is 0.545. The third kappa shape index (κ3) is 2.63. The average molecular weight is 247 g/mol. The van der Waals surface area contributed by atoms with Crippen molar-refractivity contribution < 1.29 is 22.7 Å². The van der Waals surface area contributed by atoms with Gasteiger partial charge in [0.2, 0.25) is 0 Å². The van der Waals surface area contributed by atoms with Gasteiger partial charge in [-0.15, -0.1) is 0 Å². The highest BCUT2D eigenvalue weighted by Gasteiger charge is 2.49. The minimum Gasteiger partial charge on any atom is -0.464 e. The molecule has 0 saturated carbocycles. The van der Waals surface area contributed by atoms with Gasteiger partial charge < -0.3 is 14.9 Å². The van der Waals surface area contributed by atoms with Crippen LogP contribution in [0.3, 0.4) is 0 Å². The Bertz CT molecular complexity index is 395. The van der Waals surface area contributed by atoms with Crippen LogP contribution in [0.4, 0.5) is 8.78 Å². The van der Waals surface area contributed by atoms with Gasteiger partial charge in [-0.1, -0.05) is 0 Å². The number of rotatable bonds is 4. The Morgan fingerprint density at radius 3 is 2.59 bits per heavy atom. The third-order valence-corrected chi connectivity index (χ3v) is 2.43. The molecular weight excluding hydrogens is 232 g/mol. The lowest BCUT2D eigenvalue weighted by molar-refractivity contribution is -0.175. The molecule has 1 aromatic heterocycles. The monoisotopic (exact) mass is 247 g/mol. The molecule has 0 fully saturated rings. The minimum absolute atomic E-state index is 0.127. The predicted molar refractivity (Wildman–Crippen MR) is 56.7 cm³/mol. The van der Waals surface area contributed by atoms with Crippen molar-refractivity contribution in [3.63, 3.8) is 0 Å². The number of furan rings is 1. The summed E-state index contributed by atoms with van der Waals surface area (Å²) in [7, 11) is 0. The molecule has 17 heavy (non-hydrogen) atoms. The van der Waals surface area contributed by atoms with Gasteiger partial charge in [0.15, 0.2) is 0 Å². The fourth-order valence-electron chi connectivity index (χ4n) is 1.29. The van der Waals surface area contributed by atoms with E-state index in [2.05, 4.69) is 4.74 Å². The van der Waals surface area contributed by atoms with Crippen LogP contribution in [0, 0.1) is 13.8 Å². The van der Waals surface area contributed by atoms with E-state index in [1.54, 1.807) is 13.8 Å². The van der Waals surface area contributed by atoms with E-state index in [4.69, 9.17) is 10.2 Å². The summed E-state index contributed by atoms with van der Waals surface area (Å²) in [5.41, 5.74) is 6.05. The molecule has 0 unspecified atom stereocenters. The highest BCUT2D eigenvalue weighted by atomic mass is 19.3.